The number of likely N-dealkylation sites (tertiary alicyclic amines) is 1. The summed E-state index contributed by atoms with van der Waals surface area (Å²) in [5, 5.41) is 3.37. The number of aldehydes is 1. The van der Waals surface area contributed by atoms with E-state index in [1.807, 2.05) is 6.07 Å². The second kappa shape index (κ2) is 7.24. The molecular formula is C14H21N3O. The largest absolute Gasteiger partial charge is 0.311 e. The van der Waals surface area contributed by atoms with E-state index in [2.05, 4.69) is 15.2 Å². The van der Waals surface area contributed by atoms with Gasteiger partial charge in [0.05, 0.1) is 5.69 Å². The van der Waals surface area contributed by atoms with Crippen LogP contribution in [0.1, 0.15) is 35.3 Å². The standard InChI is InChI=1S/C14H21N3O/c18-12-13-4-6-16-14(10-13)11-15-5-3-9-17-7-1-2-8-17/h4,6,10,12,15H,1-3,5,7-9,11H2. The van der Waals surface area contributed by atoms with Crippen molar-refractivity contribution in [1.29, 1.82) is 0 Å². The molecule has 4 nitrogen and oxygen atoms in total. The minimum atomic E-state index is 0.693. The Balaban J connectivity index is 1.60. The smallest absolute Gasteiger partial charge is 0.150 e. The monoisotopic (exact) mass is 247 g/mol. The minimum Gasteiger partial charge on any atom is -0.311 e. The quantitative estimate of drug-likeness (QED) is 0.585. The van der Waals surface area contributed by atoms with E-state index in [0.717, 1.165) is 25.1 Å². The first kappa shape index (κ1) is 13.2. The average molecular weight is 247 g/mol. The van der Waals surface area contributed by atoms with Crippen LogP contribution in [0.2, 0.25) is 0 Å². The SMILES string of the molecule is O=Cc1ccnc(CNCCCN2CCCC2)c1. The molecule has 0 unspecified atom stereocenters. The Labute approximate surface area is 108 Å². The van der Waals surface area contributed by atoms with Gasteiger partial charge in [0.1, 0.15) is 6.29 Å². The summed E-state index contributed by atoms with van der Waals surface area (Å²) in [4.78, 5) is 17.4. The third-order valence-electron chi connectivity index (χ3n) is 3.31. The number of carbonyl (C=O) groups excluding carboxylic acids is 1. The van der Waals surface area contributed by atoms with Crippen molar-refractivity contribution >= 4 is 6.29 Å². The van der Waals surface area contributed by atoms with Gasteiger partial charge in [-0.15, -0.1) is 0 Å². The molecule has 0 bridgehead atoms. The van der Waals surface area contributed by atoms with Crippen molar-refractivity contribution in [1.82, 2.24) is 15.2 Å². The molecule has 0 spiro atoms. The van der Waals surface area contributed by atoms with Crippen LogP contribution in [-0.4, -0.2) is 42.3 Å². The van der Waals surface area contributed by atoms with Crippen LogP contribution in [-0.2, 0) is 6.54 Å². The zero-order valence-corrected chi connectivity index (χ0v) is 10.8. The van der Waals surface area contributed by atoms with Crippen molar-refractivity contribution in [2.75, 3.05) is 26.2 Å². The molecule has 0 radical (unpaired) electrons. The first-order chi connectivity index (χ1) is 8.88. The molecule has 4 heteroatoms. The molecule has 0 amide bonds. The highest BCUT2D eigenvalue weighted by molar-refractivity contribution is 5.74. The van der Waals surface area contributed by atoms with E-state index in [1.54, 1.807) is 12.3 Å². The summed E-state index contributed by atoms with van der Waals surface area (Å²) < 4.78 is 0. The molecule has 1 aromatic rings. The zero-order valence-electron chi connectivity index (χ0n) is 10.8. The molecular weight excluding hydrogens is 226 g/mol. The maximum absolute atomic E-state index is 10.6. The molecule has 1 N–H and O–H groups in total. The summed E-state index contributed by atoms with van der Waals surface area (Å²) in [5.74, 6) is 0. The van der Waals surface area contributed by atoms with Crippen molar-refractivity contribution in [2.24, 2.45) is 0 Å². The fraction of sp³-hybridized carbons (Fsp3) is 0.571. The van der Waals surface area contributed by atoms with Gasteiger partial charge in [0.15, 0.2) is 0 Å². The molecule has 1 aromatic heterocycles. The Kier molecular flexibility index (Phi) is 5.30. The molecule has 1 aliphatic heterocycles. The summed E-state index contributed by atoms with van der Waals surface area (Å²) >= 11 is 0. The van der Waals surface area contributed by atoms with Crippen LogP contribution >= 0.6 is 0 Å². The number of carbonyl (C=O) groups is 1. The van der Waals surface area contributed by atoms with Crippen LogP contribution in [0.3, 0.4) is 0 Å². The van der Waals surface area contributed by atoms with Crippen LogP contribution < -0.4 is 5.32 Å². The highest BCUT2D eigenvalue weighted by Crippen LogP contribution is 2.07. The van der Waals surface area contributed by atoms with Crippen molar-refractivity contribution in [2.45, 2.75) is 25.8 Å². The van der Waals surface area contributed by atoms with Crippen molar-refractivity contribution < 1.29 is 4.79 Å². The topological polar surface area (TPSA) is 45.2 Å². The number of nitrogens with zero attached hydrogens (tertiary/aromatic N) is 2. The van der Waals surface area contributed by atoms with Crippen LogP contribution in [0.15, 0.2) is 18.3 Å². The average Bonchev–Trinajstić information content (AvgIpc) is 2.92. The fourth-order valence-electron chi connectivity index (χ4n) is 2.32. The van der Waals surface area contributed by atoms with Crippen LogP contribution in [0.4, 0.5) is 0 Å². The van der Waals surface area contributed by atoms with Gasteiger partial charge in [0, 0.05) is 18.3 Å². The summed E-state index contributed by atoms with van der Waals surface area (Å²) in [6.45, 7) is 5.46. The second-order valence-corrected chi connectivity index (χ2v) is 4.78. The highest BCUT2D eigenvalue weighted by atomic mass is 16.1. The van der Waals surface area contributed by atoms with Gasteiger partial charge in [-0.25, -0.2) is 0 Å². The number of aromatic nitrogens is 1. The predicted octanol–water partition coefficient (Wildman–Crippen LogP) is 1.47. The van der Waals surface area contributed by atoms with E-state index >= 15 is 0 Å². The normalized spacial score (nSPS) is 16.0. The van der Waals surface area contributed by atoms with Gasteiger partial charge in [-0.05, 0) is 57.6 Å². The molecule has 1 fully saturated rings. The first-order valence-corrected chi connectivity index (χ1v) is 6.71. The predicted molar refractivity (Wildman–Crippen MR) is 71.6 cm³/mol. The number of hydrogen-bond acceptors (Lipinski definition) is 4. The van der Waals surface area contributed by atoms with E-state index in [1.165, 1.54) is 38.9 Å². The van der Waals surface area contributed by atoms with Crippen LogP contribution in [0.25, 0.3) is 0 Å². The Morgan fingerprint density at radius 3 is 3.00 bits per heavy atom. The van der Waals surface area contributed by atoms with E-state index in [4.69, 9.17) is 0 Å². The Hall–Kier alpha value is -1.26. The second-order valence-electron chi connectivity index (χ2n) is 4.78. The Bertz CT molecular complexity index is 375. The lowest BCUT2D eigenvalue weighted by Crippen LogP contribution is -2.24. The minimum absolute atomic E-state index is 0.693. The van der Waals surface area contributed by atoms with Gasteiger partial charge in [-0.2, -0.15) is 0 Å². The molecule has 18 heavy (non-hydrogen) atoms. The molecule has 0 aromatic carbocycles. The van der Waals surface area contributed by atoms with Crippen molar-refractivity contribution in [3.8, 4) is 0 Å². The molecule has 98 valence electrons. The first-order valence-electron chi connectivity index (χ1n) is 6.71. The third-order valence-corrected chi connectivity index (χ3v) is 3.31. The van der Waals surface area contributed by atoms with Crippen molar-refractivity contribution in [3.05, 3.63) is 29.6 Å². The summed E-state index contributed by atoms with van der Waals surface area (Å²) in [6.07, 6.45) is 6.43. The van der Waals surface area contributed by atoms with Crippen LogP contribution in [0.5, 0.6) is 0 Å². The van der Waals surface area contributed by atoms with Gasteiger partial charge in [-0.3, -0.25) is 9.78 Å². The molecule has 2 heterocycles. The summed E-state index contributed by atoms with van der Waals surface area (Å²) in [5.41, 5.74) is 1.62. The van der Waals surface area contributed by atoms with Gasteiger partial charge < -0.3 is 10.2 Å². The molecule has 0 aliphatic carbocycles. The summed E-state index contributed by atoms with van der Waals surface area (Å²) in [6, 6.07) is 3.56. The highest BCUT2D eigenvalue weighted by Gasteiger charge is 2.09. The van der Waals surface area contributed by atoms with Crippen molar-refractivity contribution in [3.63, 3.8) is 0 Å². The Morgan fingerprint density at radius 2 is 2.22 bits per heavy atom. The molecule has 0 atom stereocenters. The zero-order chi connectivity index (χ0) is 12.6. The van der Waals surface area contributed by atoms with E-state index < -0.39 is 0 Å². The van der Waals surface area contributed by atoms with E-state index in [9.17, 15) is 4.79 Å². The maximum atomic E-state index is 10.6. The molecule has 2 rings (SSSR count). The lowest BCUT2D eigenvalue weighted by atomic mass is 10.2. The fourth-order valence-corrected chi connectivity index (χ4v) is 2.32. The lowest BCUT2D eigenvalue weighted by Gasteiger charge is -2.14. The molecule has 1 aliphatic rings. The Morgan fingerprint density at radius 1 is 1.39 bits per heavy atom. The van der Waals surface area contributed by atoms with Gasteiger partial charge in [-0.1, -0.05) is 0 Å². The van der Waals surface area contributed by atoms with Gasteiger partial charge in [0.2, 0.25) is 0 Å². The maximum Gasteiger partial charge on any atom is 0.150 e. The molecule has 0 saturated carbocycles. The number of hydrogen-bond donors (Lipinski definition) is 1. The number of rotatable bonds is 7. The van der Waals surface area contributed by atoms with E-state index in [0.29, 0.717) is 5.56 Å². The number of pyridine rings is 1. The van der Waals surface area contributed by atoms with Crippen LogP contribution in [0, 0.1) is 0 Å². The third kappa shape index (κ3) is 4.20. The molecule has 1 saturated heterocycles. The number of nitrogens with one attached hydrogen (secondary N) is 1. The summed E-state index contributed by atoms with van der Waals surface area (Å²) in [7, 11) is 0. The van der Waals surface area contributed by atoms with E-state index in [-0.39, 0.29) is 0 Å². The van der Waals surface area contributed by atoms with Gasteiger partial charge >= 0.3 is 0 Å². The lowest BCUT2D eigenvalue weighted by molar-refractivity contribution is 0.112. The van der Waals surface area contributed by atoms with Gasteiger partial charge in [0.25, 0.3) is 0 Å².